The first-order chi connectivity index (χ1) is 8.06. The van der Waals surface area contributed by atoms with Crippen LogP contribution in [-0.4, -0.2) is 9.67 Å². The summed E-state index contributed by atoms with van der Waals surface area (Å²) in [7, 11) is 0. The highest BCUT2D eigenvalue weighted by Gasteiger charge is 2.03. The Bertz CT molecular complexity index is 590. The summed E-state index contributed by atoms with van der Waals surface area (Å²) in [6, 6.07) is 8.27. The Hall–Kier alpha value is -1.75. The number of phenols is 1. The number of aromatic nitrogens is 1. The number of nitrogens with two attached hydrogens (primary N) is 1. The monoisotopic (exact) mass is 294 g/mol. The summed E-state index contributed by atoms with van der Waals surface area (Å²) in [6.45, 7) is 0.419. The van der Waals surface area contributed by atoms with Gasteiger partial charge in [0.2, 0.25) is 0 Å². The van der Waals surface area contributed by atoms with Crippen molar-refractivity contribution >= 4 is 21.6 Å². The maximum Gasteiger partial charge on any atom is 0.265 e. The number of hydrogen-bond acceptors (Lipinski definition) is 3. The van der Waals surface area contributed by atoms with Crippen molar-refractivity contribution in [2.45, 2.75) is 6.54 Å². The number of nitrogen functional groups attached to an aromatic ring is 1. The van der Waals surface area contributed by atoms with E-state index in [4.69, 9.17) is 10.8 Å². The zero-order chi connectivity index (χ0) is 12.4. The lowest BCUT2D eigenvalue weighted by molar-refractivity contribution is 0.475. The molecule has 0 aliphatic carbocycles. The SMILES string of the molecule is Nc1cc(Br)c(=O)n(Cc2ccc(O)cc2)c1. The molecule has 0 atom stereocenters. The lowest BCUT2D eigenvalue weighted by Gasteiger charge is -2.07. The first-order valence-electron chi connectivity index (χ1n) is 4.99. The van der Waals surface area contributed by atoms with E-state index in [9.17, 15) is 4.79 Å². The molecular weight excluding hydrogens is 284 g/mol. The molecule has 0 amide bonds. The van der Waals surface area contributed by atoms with Gasteiger partial charge in [0.05, 0.1) is 11.0 Å². The van der Waals surface area contributed by atoms with Crippen molar-refractivity contribution in [3.05, 3.63) is 56.9 Å². The number of pyridine rings is 1. The quantitative estimate of drug-likeness (QED) is 0.889. The first-order valence-corrected chi connectivity index (χ1v) is 5.79. The highest BCUT2D eigenvalue weighted by atomic mass is 79.9. The average molecular weight is 295 g/mol. The molecule has 2 aromatic rings. The summed E-state index contributed by atoms with van der Waals surface area (Å²) in [4.78, 5) is 11.8. The number of nitrogens with zero attached hydrogens (tertiary/aromatic N) is 1. The highest BCUT2D eigenvalue weighted by Crippen LogP contribution is 2.12. The molecule has 0 saturated heterocycles. The van der Waals surface area contributed by atoms with E-state index in [-0.39, 0.29) is 11.3 Å². The van der Waals surface area contributed by atoms with Crippen LogP contribution >= 0.6 is 15.9 Å². The summed E-state index contributed by atoms with van der Waals surface area (Å²) < 4.78 is 1.96. The zero-order valence-electron chi connectivity index (χ0n) is 8.93. The molecule has 17 heavy (non-hydrogen) atoms. The topological polar surface area (TPSA) is 68.2 Å². The summed E-state index contributed by atoms with van der Waals surface area (Å²) in [5.41, 5.74) is 6.99. The van der Waals surface area contributed by atoms with Gasteiger partial charge in [0.25, 0.3) is 5.56 Å². The van der Waals surface area contributed by atoms with Crippen LogP contribution in [0.4, 0.5) is 5.69 Å². The second-order valence-corrected chi connectivity index (χ2v) is 4.58. The molecule has 0 aliphatic rings. The Labute approximate surface area is 106 Å². The fourth-order valence-electron chi connectivity index (χ4n) is 1.54. The predicted octanol–water partition coefficient (Wildman–Crippen LogP) is 1.95. The largest absolute Gasteiger partial charge is 0.508 e. The summed E-state index contributed by atoms with van der Waals surface area (Å²) in [6.07, 6.45) is 1.60. The second-order valence-electron chi connectivity index (χ2n) is 3.72. The van der Waals surface area contributed by atoms with Gasteiger partial charge in [0.1, 0.15) is 5.75 Å². The van der Waals surface area contributed by atoms with Crippen molar-refractivity contribution in [2.24, 2.45) is 0 Å². The fraction of sp³-hybridized carbons (Fsp3) is 0.0833. The van der Waals surface area contributed by atoms with Crippen molar-refractivity contribution in [1.82, 2.24) is 4.57 Å². The van der Waals surface area contributed by atoms with E-state index in [0.717, 1.165) is 5.56 Å². The van der Waals surface area contributed by atoms with Crippen molar-refractivity contribution in [3.8, 4) is 5.75 Å². The molecule has 5 heteroatoms. The zero-order valence-corrected chi connectivity index (χ0v) is 10.5. The van der Waals surface area contributed by atoms with Gasteiger partial charge in [-0.05, 0) is 39.7 Å². The van der Waals surface area contributed by atoms with Crippen LogP contribution in [0.5, 0.6) is 5.75 Å². The van der Waals surface area contributed by atoms with Crippen LogP contribution in [0.15, 0.2) is 45.8 Å². The van der Waals surface area contributed by atoms with Gasteiger partial charge in [-0.2, -0.15) is 0 Å². The van der Waals surface area contributed by atoms with E-state index >= 15 is 0 Å². The number of phenolic OH excluding ortho intramolecular Hbond substituents is 1. The molecule has 3 N–H and O–H groups in total. The molecule has 0 fully saturated rings. The van der Waals surface area contributed by atoms with Gasteiger partial charge >= 0.3 is 0 Å². The van der Waals surface area contributed by atoms with Gasteiger partial charge in [-0.15, -0.1) is 0 Å². The number of hydrogen-bond donors (Lipinski definition) is 2. The Kier molecular flexibility index (Phi) is 3.19. The van der Waals surface area contributed by atoms with Gasteiger partial charge in [-0.25, -0.2) is 0 Å². The second kappa shape index (κ2) is 4.63. The van der Waals surface area contributed by atoms with Gasteiger partial charge in [0.15, 0.2) is 0 Å². The number of rotatable bonds is 2. The third kappa shape index (κ3) is 2.68. The summed E-state index contributed by atoms with van der Waals surface area (Å²) in [5.74, 6) is 0.204. The predicted molar refractivity (Wildman–Crippen MR) is 70.0 cm³/mol. The Morgan fingerprint density at radius 1 is 1.29 bits per heavy atom. The molecule has 0 radical (unpaired) electrons. The van der Waals surface area contributed by atoms with E-state index in [1.54, 1.807) is 36.5 Å². The normalized spacial score (nSPS) is 10.4. The number of benzene rings is 1. The molecule has 0 saturated carbocycles. The van der Waals surface area contributed by atoms with E-state index in [0.29, 0.717) is 16.7 Å². The van der Waals surface area contributed by atoms with Gasteiger partial charge < -0.3 is 15.4 Å². The van der Waals surface area contributed by atoms with Crippen LogP contribution in [0.3, 0.4) is 0 Å². The molecule has 0 spiro atoms. The molecular formula is C12H11BrN2O2. The minimum absolute atomic E-state index is 0.132. The van der Waals surface area contributed by atoms with E-state index in [2.05, 4.69) is 15.9 Å². The molecule has 1 aromatic heterocycles. The lowest BCUT2D eigenvalue weighted by Crippen LogP contribution is -2.21. The Morgan fingerprint density at radius 3 is 2.59 bits per heavy atom. The maximum absolute atomic E-state index is 11.8. The third-order valence-electron chi connectivity index (χ3n) is 2.35. The summed E-state index contributed by atoms with van der Waals surface area (Å²) >= 11 is 3.17. The molecule has 1 heterocycles. The third-order valence-corrected chi connectivity index (χ3v) is 2.92. The van der Waals surface area contributed by atoms with Crippen LogP contribution in [0, 0.1) is 0 Å². The Balaban J connectivity index is 2.36. The molecule has 4 nitrogen and oxygen atoms in total. The number of aromatic hydroxyl groups is 1. The van der Waals surface area contributed by atoms with Crippen molar-refractivity contribution in [2.75, 3.05) is 5.73 Å². The van der Waals surface area contributed by atoms with E-state index in [1.807, 2.05) is 0 Å². The number of anilines is 1. The van der Waals surface area contributed by atoms with E-state index < -0.39 is 0 Å². The average Bonchev–Trinajstić information content (AvgIpc) is 2.28. The minimum atomic E-state index is -0.132. The van der Waals surface area contributed by atoms with Crippen LogP contribution in [-0.2, 0) is 6.54 Å². The smallest absolute Gasteiger partial charge is 0.265 e. The maximum atomic E-state index is 11.8. The fourth-order valence-corrected chi connectivity index (χ4v) is 2.03. The number of halogens is 1. The lowest BCUT2D eigenvalue weighted by atomic mass is 10.2. The van der Waals surface area contributed by atoms with E-state index in [1.165, 1.54) is 4.57 Å². The van der Waals surface area contributed by atoms with Crippen molar-refractivity contribution in [3.63, 3.8) is 0 Å². The molecule has 1 aromatic carbocycles. The van der Waals surface area contributed by atoms with Crippen LogP contribution in [0.1, 0.15) is 5.56 Å². The minimum Gasteiger partial charge on any atom is -0.508 e. The molecule has 0 unspecified atom stereocenters. The Morgan fingerprint density at radius 2 is 1.94 bits per heavy atom. The first kappa shape index (κ1) is 11.7. The van der Waals surface area contributed by atoms with Gasteiger partial charge in [-0.3, -0.25) is 4.79 Å². The molecule has 0 bridgehead atoms. The molecule has 0 aliphatic heterocycles. The van der Waals surface area contributed by atoms with Crippen LogP contribution in [0.25, 0.3) is 0 Å². The van der Waals surface area contributed by atoms with Crippen molar-refractivity contribution in [1.29, 1.82) is 0 Å². The van der Waals surface area contributed by atoms with Crippen molar-refractivity contribution < 1.29 is 5.11 Å². The molecule has 88 valence electrons. The standard InChI is InChI=1S/C12H11BrN2O2/c13-11-5-9(14)7-15(12(11)17)6-8-1-3-10(16)4-2-8/h1-5,7,16H,6,14H2. The van der Waals surface area contributed by atoms with Crippen LogP contribution < -0.4 is 11.3 Å². The van der Waals surface area contributed by atoms with Gasteiger partial charge in [-0.1, -0.05) is 12.1 Å². The molecule has 2 rings (SSSR count). The highest BCUT2D eigenvalue weighted by molar-refractivity contribution is 9.10. The van der Waals surface area contributed by atoms with Crippen LogP contribution in [0.2, 0.25) is 0 Å². The van der Waals surface area contributed by atoms with Gasteiger partial charge in [0, 0.05) is 11.9 Å². The summed E-state index contributed by atoms with van der Waals surface area (Å²) in [5, 5.41) is 9.17.